The predicted molar refractivity (Wildman–Crippen MR) is 75.8 cm³/mol. The van der Waals surface area contributed by atoms with Crippen molar-refractivity contribution < 1.29 is 9.15 Å². The van der Waals surface area contributed by atoms with E-state index in [4.69, 9.17) is 14.9 Å². The van der Waals surface area contributed by atoms with E-state index in [1.54, 1.807) is 0 Å². The van der Waals surface area contributed by atoms with Crippen LogP contribution in [-0.2, 0) is 6.54 Å². The fourth-order valence-corrected chi connectivity index (χ4v) is 2.32. The maximum absolute atomic E-state index is 11.6. The molecule has 2 rings (SSSR count). The van der Waals surface area contributed by atoms with Crippen molar-refractivity contribution >= 4 is 12.4 Å². The second-order valence-electron chi connectivity index (χ2n) is 5.25. The third kappa shape index (κ3) is 3.72. The van der Waals surface area contributed by atoms with E-state index in [1.165, 1.54) is 19.4 Å². The van der Waals surface area contributed by atoms with Crippen LogP contribution in [-0.4, -0.2) is 31.6 Å². The fraction of sp³-hybridized carbons (Fsp3) is 0.615. The van der Waals surface area contributed by atoms with Crippen molar-refractivity contribution in [1.29, 1.82) is 0 Å². The van der Waals surface area contributed by atoms with Gasteiger partial charge < -0.3 is 14.9 Å². The van der Waals surface area contributed by atoms with Crippen molar-refractivity contribution in [3.05, 3.63) is 28.3 Å². The summed E-state index contributed by atoms with van der Waals surface area (Å²) in [4.78, 5) is 13.9. The van der Waals surface area contributed by atoms with Crippen molar-refractivity contribution in [1.82, 2.24) is 4.90 Å². The Labute approximate surface area is 119 Å². The molecule has 6 heteroatoms. The molecule has 19 heavy (non-hydrogen) atoms. The van der Waals surface area contributed by atoms with Gasteiger partial charge in [-0.1, -0.05) is 6.92 Å². The highest BCUT2D eigenvalue weighted by Crippen LogP contribution is 2.29. The molecule has 1 unspecified atom stereocenters. The Morgan fingerprint density at radius 2 is 2.32 bits per heavy atom. The Bertz CT molecular complexity index is 477. The summed E-state index contributed by atoms with van der Waals surface area (Å²) in [5.74, 6) is 0.911. The van der Waals surface area contributed by atoms with Crippen molar-refractivity contribution in [2.45, 2.75) is 19.9 Å². The predicted octanol–water partition coefficient (Wildman–Crippen LogP) is 1.24. The number of hydrogen-bond acceptors (Lipinski definition) is 5. The van der Waals surface area contributed by atoms with E-state index >= 15 is 0 Å². The highest BCUT2D eigenvalue weighted by atomic mass is 35.5. The average molecular weight is 289 g/mol. The minimum Gasteiger partial charge on any atom is -0.490 e. The molecule has 1 atom stereocenters. The first kappa shape index (κ1) is 16.0. The summed E-state index contributed by atoms with van der Waals surface area (Å²) < 4.78 is 10.3. The van der Waals surface area contributed by atoms with Crippen LogP contribution in [0.5, 0.6) is 5.75 Å². The first-order valence-corrected chi connectivity index (χ1v) is 6.14. The van der Waals surface area contributed by atoms with Gasteiger partial charge in [0.1, 0.15) is 12.0 Å². The zero-order chi connectivity index (χ0) is 13.2. The third-order valence-corrected chi connectivity index (χ3v) is 3.58. The molecule has 1 aromatic heterocycles. The lowest BCUT2D eigenvalue weighted by Gasteiger charge is -2.22. The van der Waals surface area contributed by atoms with Gasteiger partial charge in [0.2, 0.25) is 11.2 Å². The van der Waals surface area contributed by atoms with Crippen molar-refractivity contribution in [2.24, 2.45) is 11.1 Å². The van der Waals surface area contributed by atoms with Gasteiger partial charge in [-0.05, 0) is 24.9 Å². The molecule has 1 saturated heterocycles. The molecule has 0 radical (unpaired) electrons. The quantitative estimate of drug-likeness (QED) is 0.903. The van der Waals surface area contributed by atoms with Crippen LogP contribution in [0.4, 0.5) is 0 Å². The van der Waals surface area contributed by atoms with Crippen LogP contribution in [0.3, 0.4) is 0 Å². The van der Waals surface area contributed by atoms with Crippen LogP contribution in [0.1, 0.15) is 19.1 Å². The summed E-state index contributed by atoms with van der Waals surface area (Å²) >= 11 is 0. The average Bonchev–Trinajstić information content (AvgIpc) is 2.72. The normalized spacial score (nSPS) is 23.1. The van der Waals surface area contributed by atoms with Crippen LogP contribution >= 0.6 is 12.4 Å². The van der Waals surface area contributed by atoms with Gasteiger partial charge in [-0.2, -0.15) is 0 Å². The Hall–Kier alpha value is -1.04. The maximum Gasteiger partial charge on any atom is 0.227 e. The molecule has 2 heterocycles. The van der Waals surface area contributed by atoms with Gasteiger partial charge in [0.15, 0.2) is 0 Å². The Morgan fingerprint density at radius 3 is 2.84 bits per heavy atom. The summed E-state index contributed by atoms with van der Waals surface area (Å²) in [6, 6.07) is 1.50. The summed E-state index contributed by atoms with van der Waals surface area (Å²) in [7, 11) is 1.46. The summed E-state index contributed by atoms with van der Waals surface area (Å²) in [5, 5.41) is 0. The molecule has 5 nitrogen and oxygen atoms in total. The smallest absolute Gasteiger partial charge is 0.227 e. The highest BCUT2D eigenvalue weighted by Gasteiger charge is 2.32. The molecule has 0 aromatic carbocycles. The largest absolute Gasteiger partial charge is 0.490 e. The number of ether oxygens (including phenoxy) is 1. The number of halogens is 1. The minimum atomic E-state index is -0.139. The standard InChI is InChI=1S/C13H20N2O3.ClH/c1-13(8-14)3-4-15(9-13)6-10-5-11(16)12(17-2)7-18-10;/h5,7H,3-4,6,8-9,14H2,1-2H3;1H. The third-order valence-electron chi connectivity index (χ3n) is 3.58. The molecule has 1 aliphatic heterocycles. The van der Waals surface area contributed by atoms with E-state index in [2.05, 4.69) is 11.8 Å². The molecule has 0 saturated carbocycles. The number of methoxy groups -OCH3 is 1. The summed E-state index contributed by atoms with van der Waals surface area (Å²) in [5.41, 5.74) is 5.82. The van der Waals surface area contributed by atoms with Gasteiger partial charge in [0.25, 0.3) is 0 Å². The SMILES string of the molecule is COc1coc(CN2CCC(C)(CN)C2)cc1=O.Cl. The van der Waals surface area contributed by atoms with Gasteiger partial charge in [0.05, 0.1) is 13.7 Å². The van der Waals surface area contributed by atoms with E-state index in [9.17, 15) is 4.79 Å². The molecule has 0 spiro atoms. The van der Waals surface area contributed by atoms with E-state index in [0.717, 1.165) is 19.5 Å². The second-order valence-corrected chi connectivity index (χ2v) is 5.25. The van der Waals surface area contributed by atoms with Gasteiger partial charge in [-0.3, -0.25) is 9.69 Å². The minimum absolute atomic E-state index is 0. The van der Waals surface area contributed by atoms with E-state index in [-0.39, 0.29) is 29.0 Å². The first-order chi connectivity index (χ1) is 8.56. The lowest BCUT2D eigenvalue weighted by atomic mass is 9.90. The van der Waals surface area contributed by atoms with E-state index < -0.39 is 0 Å². The van der Waals surface area contributed by atoms with Gasteiger partial charge in [-0.25, -0.2) is 0 Å². The lowest BCUT2D eigenvalue weighted by molar-refractivity contribution is 0.251. The zero-order valence-electron chi connectivity index (χ0n) is 11.3. The summed E-state index contributed by atoms with van der Waals surface area (Å²) in [6.07, 6.45) is 2.46. The molecule has 108 valence electrons. The number of nitrogens with two attached hydrogens (primary N) is 1. The molecular formula is C13H21ClN2O3. The van der Waals surface area contributed by atoms with E-state index in [1.807, 2.05) is 0 Å². The monoisotopic (exact) mass is 288 g/mol. The zero-order valence-corrected chi connectivity index (χ0v) is 12.2. The Kier molecular flexibility index (Phi) is 5.40. The van der Waals surface area contributed by atoms with Crippen LogP contribution < -0.4 is 15.9 Å². The highest BCUT2D eigenvalue weighted by molar-refractivity contribution is 5.85. The second kappa shape index (κ2) is 6.41. The maximum atomic E-state index is 11.6. The molecule has 1 fully saturated rings. The van der Waals surface area contributed by atoms with Crippen molar-refractivity contribution in [2.75, 3.05) is 26.7 Å². The Balaban J connectivity index is 0.00000180. The van der Waals surface area contributed by atoms with Crippen LogP contribution in [0.2, 0.25) is 0 Å². The van der Waals surface area contributed by atoms with Crippen LogP contribution in [0, 0.1) is 5.41 Å². The molecule has 0 amide bonds. The van der Waals surface area contributed by atoms with Gasteiger partial charge in [-0.15, -0.1) is 12.4 Å². The Morgan fingerprint density at radius 1 is 1.58 bits per heavy atom. The molecular weight excluding hydrogens is 268 g/mol. The number of likely N-dealkylation sites (tertiary alicyclic amines) is 1. The number of hydrogen-bond donors (Lipinski definition) is 1. The molecule has 2 N–H and O–H groups in total. The van der Waals surface area contributed by atoms with Crippen molar-refractivity contribution in [3.63, 3.8) is 0 Å². The first-order valence-electron chi connectivity index (χ1n) is 6.14. The van der Waals surface area contributed by atoms with Crippen molar-refractivity contribution in [3.8, 4) is 5.75 Å². The molecule has 1 aromatic rings. The van der Waals surface area contributed by atoms with E-state index in [0.29, 0.717) is 18.8 Å². The van der Waals surface area contributed by atoms with Gasteiger partial charge in [0, 0.05) is 12.6 Å². The van der Waals surface area contributed by atoms with Gasteiger partial charge >= 0.3 is 0 Å². The number of rotatable bonds is 4. The lowest BCUT2D eigenvalue weighted by Crippen LogP contribution is -2.31. The molecule has 1 aliphatic rings. The topological polar surface area (TPSA) is 68.7 Å². The van der Waals surface area contributed by atoms with Crippen LogP contribution in [0.15, 0.2) is 21.5 Å². The molecule has 0 bridgehead atoms. The summed E-state index contributed by atoms with van der Waals surface area (Å²) in [6.45, 7) is 5.46. The fourth-order valence-electron chi connectivity index (χ4n) is 2.32. The number of nitrogens with zero attached hydrogens (tertiary/aromatic N) is 1. The molecule has 0 aliphatic carbocycles. The van der Waals surface area contributed by atoms with Crippen LogP contribution in [0.25, 0.3) is 0 Å².